The second-order valence-corrected chi connectivity index (χ2v) is 12.1. The van der Waals surface area contributed by atoms with E-state index in [0.29, 0.717) is 35.0 Å². The summed E-state index contributed by atoms with van der Waals surface area (Å²) >= 11 is 0. The monoisotopic (exact) mass is 597 g/mol. The molecule has 0 saturated carbocycles. The summed E-state index contributed by atoms with van der Waals surface area (Å²) in [5, 5.41) is 16.6. The number of hydrogen-bond donors (Lipinski definition) is 2. The first kappa shape index (κ1) is 32.6. The summed E-state index contributed by atoms with van der Waals surface area (Å²) in [4.78, 5) is 29.4. The predicted octanol–water partition coefficient (Wildman–Crippen LogP) is 7.79. The third-order valence-corrected chi connectivity index (χ3v) is 7.59. The Morgan fingerprint density at radius 1 is 0.864 bits per heavy atom. The van der Waals surface area contributed by atoms with Gasteiger partial charge in [-0.2, -0.15) is 4.98 Å². The van der Waals surface area contributed by atoms with E-state index in [1.54, 1.807) is 36.4 Å². The number of carboxylic acids is 1. The number of carboxylic acid groups (broad SMARTS) is 1. The number of carbonyl (C=O) groups excluding carboxylic acids is 1. The number of unbranched alkanes of at least 4 members (excludes halogenated alkanes) is 4. The number of rotatable bonds is 15. The van der Waals surface area contributed by atoms with E-state index >= 15 is 0 Å². The van der Waals surface area contributed by atoms with Crippen LogP contribution in [0.4, 0.5) is 0 Å². The van der Waals surface area contributed by atoms with Gasteiger partial charge in [0.15, 0.2) is 6.04 Å². The van der Waals surface area contributed by atoms with E-state index < -0.39 is 17.9 Å². The Bertz CT molecular complexity index is 1490. The molecule has 0 bridgehead atoms. The van der Waals surface area contributed by atoms with Crippen molar-refractivity contribution in [3.8, 4) is 22.8 Å². The number of carbonyl (C=O) groups is 2. The first-order valence-electron chi connectivity index (χ1n) is 15.4. The molecular weight excluding hydrogens is 554 g/mol. The number of benzene rings is 3. The van der Waals surface area contributed by atoms with Gasteiger partial charge in [-0.25, -0.2) is 4.79 Å². The van der Waals surface area contributed by atoms with Crippen LogP contribution in [0, 0.1) is 0 Å². The summed E-state index contributed by atoms with van der Waals surface area (Å²) in [6.07, 6.45) is 7.02. The minimum Gasteiger partial charge on any atom is -0.479 e. The lowest BCUT2D eigenvalue weighted by Crippen LogP contribution is -2.33. The lowest BCUT2D eigenvalue weighted by Gasteiger charge is -2.19. The van der Waals surface area contributed by atoms with E-state index in [1.807, 2.05) is 36.4 Å². The standard InChI is InChI=1S/C36H43N3O5/c1-5-6-7-8-9-23-43-24-22-25-10-12-29(13-11-25)34-38-32(39-44-34)27-16-14-26(15-17-27)31(35(41)42)37-33(40)28-18-20-30(21-19-28)36(2,3)4/h10-21,31H,5-9,22-24H2,1-4H3,(H,37,40)(H,41,42). The summed E-state index contributed by atoms with van der Waals surface area (Å²) in [7, 11) is 0. The van der Waals surface area contributed by atoms with Crippen LogP contribution < -0.4 is 5.32 Å². The molecule has 0 aliphatic carbocycles. The maximum Gasteiger partial charge on any atom is 0.330 e. The quantitative estimate of drug-likeness (QED) is 0.134. The zero-order chi connectivity index (χ0) is 31.5. The normalized spacial score (nSPS) is 12.2. The Labute approximate surface area is 259 Å². The van der Waals surface area contributed by atoms with Crippen LogP contribution in [-0.2, 0) is 21.4 Å². The largest absolute Gasteiger partial charge is 0.479 e. The Hall–Kier alpha value is -4.30. The molecule has 1 unspecified atom stereocenters. The second kappa shape index (κ2) is 15.4. The van der Waals surface area contributed by atoms with Gasteiger partial charge in [0.2, 0.25) is 5.82 Å². The molecule has 1 aromatic heterocycles. The smallest absolute Gasteiger partial charge is 0.330 e. The van der Waals surface area contributed by atoms with Crippen molar-refractivity contribution in [3.63, 3.8) is 0 Å². The van der Waals surface area contributed by atoms with Gasteiger partial charge in [0, 0.05) is 23.3 Å². The summed E-state index contributed by atoms with van der Waals surface area (Å²) in [6.45, 7) is 10.0. The van der Waals surface area contributed by atoms with Gasteiger partial charge in [0.05, 0.1) is 6.61 Å². The van der Waals surface area contributed by atoms with Crippen molar-refractivity contribution < 1.29 is 24.0 Å². The van der Waals surface area contributed by atoms with Gasteiger partial charge >= 0.3 is 5.97 Å². The molecular formula is C36H43N3O5. The van der Waals surface area contributed by atoms with E-state index in [0.717, 1.165) is 30.6 Å². The summed E-state index contributed by atoms with van der Waals surface area (Å²) in [5.74, 6) is -0.831. The first-order valence-corrected chi connectivity index (χ1v) is 15.4. The zero-order valence-corrected chi connectivity index (χ0v) is 26.1. The lowest BCUT2D eigenvalue weighted by atomic mass is 9.86. The summed E-state index contributed by atoms with van der Waals surface area (Å²) < 4.78 is 11.3. The maximum atomic E-state index is 12.8. The number of aliphatic carboxylic acids is 1. The molecule has 3 aromatic carbocycles. The Morgan fingerprint density at radius 2 is 1.52 bits per heavy atom. The summed E-state index contributed by atoms with van der Waals surface area (Å²) in [6, 6.07) is 20.7. The van der Waals surface area contributed by atoms with E-state index in [-0.39, 0.29) is 5.41 Å². The minimum absolute atomic E-state index is 0.0489. The molecule has 0 spiro atoms. The number of hydrogen-bond acceptors (Lipinski definition) is 6. The lowest BCUT2D eigenvalue weighted by molar-refractivity contribution is -0.139. The molecule has 8 heteroatoms. The van der Waals surface area contributed by atoms with Crippen molar-refractivity contribution in [2.75, 3.05) is 13.2 Å². The molecule has 8 nitrogen and oxygen atoms in total. The number of aromatic nitrogens is 2. The van der Waals surface area contributed by atoms with Crippen molar-refractivity contribution >= 4 is 11.9 Å². The van der Waals surface area contributed by atoms with E-state index in [1.165, 1.54) is 31.2 Å². The zero-order valence-electron chi connectivity index (χ0n) is 26.1. The highest BCUT2D eigenvalue weighted by molar-refractivity contribution is 5.96. The van der Waals surface area contributed by atoms with Crippen LogP contribution >= 0.6 is 0 Å². The van der Waals surface area contributed by atoms with Gasteiger partial charge in [0.25, 0.3) is 11.8 Å². The van der Waals surface area contributed by atoms with Crippen LogP contribution in [-0.4, -0.2) is 40.3 Å². The van der Waals surface area contributed by atoms with Crippen molar-refractivity contribution in [3.05, 3.63) is 95.1 Å². The van der Waals surface area contributed by atoms with Crippen LogP contribution in [0.2, 0.25) is 0 Å². The molecule has 1 atom stereocenters. The topological polar surface area (TPSA) is 115 Å². The molecule has 2 N–H and O–H groups in total. The van der Waals surface area contributed by atoms with E-state index in [9.17, 15) is 14.7 Å². The molecule has 1 heterocycles. The van der Waals surface area contributed by atoms with E-state index in [4.69, 9.17) is 9.26 Å². The molecule has 44 heavy (non-hydrogen) atoms. The Kier molecular flexibility index (Phi) is 11.4. The van der Waals surface area contributed by atoms with Crippen molar-refractivity contribution in [2.24, 2.45) is 0 Å². The number of ether oxygens (including phenoxy) is 1. The van der Waals surface area contributed by atoms with Gasteiger partial charge in [-0.1, -0.05) is 107 Å². The van der Waals surface area contributed by atoms with Gasteiger partial charge in [-0.15, -0.1) is 0 Å². The molecule has 0 saturated heterocycles. The average molecular weight is 598 g/mol. The van der Waals surface area contributed by atoms with Crippen LogP contribution in [0.15, 0.2) is 77.3 Å². The van der Waals surface area contributed by atoms with Crippen LogP contribution in [0.5, 0.6) is 0 Å². The highest BCUT2D eigenvalue weighted by Crippen LogP contribution is 2.25. The second-order valence-electron chi connectivity index (χ2n) is 12.1. The van der Waals surface area contributed by atoms with Gasteiger partial charge in [-0.3, -0.25) is 4.79 Å². The Balaban J connectivity index is 1.33. The fraction of sp³-hybridized carbons (Fsp3) is 0.389. The predicted molar refractivity (Wildman–Crippen MR) is 171 cm³/mol. The van der Waals surface area contributed by atoms with Crippen LogP contribution in [0.25, 0.3) is 22.8 Å². The van der Waals surface area contributed by atoms with Crippen LogP contribution in [0.3, 0.4) is 0 Å². The molecule has 1 amide bonds. The van der Waals surface area contributed by atoms with Crippen LogP contribution in [0.1, 0.15) is 92.9 Å². The minimum atomic E-state index is -1.21. The molecule has 0 aliphatic rings. The fourth-order valence-corrected chi connectivity index (χ4v) is 4.82. The van der Waals surface area contributed by atoms with Gasteiger partial charge in [-0.05, 0) is 59.2 Å². The third kappa shape index (κ3) is 9.10. The molecule has 4 rings (SSSR count). The molecule has 4 aromatic rings. The summed E-state index contributed by atoms with van der Waals surface area (Å²) in [5.41, 5.74) is 4.52. The van der Waals surface area contributed by atoms with Gasteiger partial charge < -0.3 is 19.7 Å². The maximum absolute atomic E-state index is 12.8. The molecule has 0 aliphatic heterocycles. The average Bonchev–Trinajstić information content (AvgIpc) is 3.51. The van der Waals surface area contributed by atoms with Crippen molar-refractivity contribution in [1.82, 2.24) is 15.5 Å². The highest BCUT2D eigenvalue weighted by atomic mass is 16.5. The fourth-order valence-electron chi connectivity index (χ4n) is 4.82. The van der Waals surface area contributed by atoms with Gasteiger partial charge in [0.1, 0.15) is 0 Å². The Morgan fingerprint density at radius 3 is 2.16 bits per heavy atom. The first-order chi connectivity index (χ1) is 21.2. The molecule has 0 fully saturated rings. The molecule has 0 radical (unpaired) electrons. The number of nitrogens with zero attached hydrogens (tertiary/aromatic N) is 2. The number of amides is 1. The number of nitrogens with one attached hydrogen (secondary N) is 1. The van der Waals surface area contributed by atoms with Crippen molar-refractivity contribution in [2.45, 2.75) is 77.7 Å². The third-order valence-electron chi connectivity index (χ3n) is 7.59. The van der Waals surface area contributed by atoms with E-state index in [2.05, 4.69) is 43.2 Å². The van der Waals surface area contributed by atoms with Crippen molar-refractivity contribution in [1.29, 1.82) is 0 Å². The molecule has 232 valence electrons. The highest BCUT2D eigenvalue weighted by Gasteiger charge is 2.24. The SMILES string of the molecule is CCCCCCCOCCc1ccc(-c2nc(-c3ccc(C(NC(=O)c4ccc(C(C)(C)C)cc4)C(=O)O)cc3)no2)cc1.